The van der Waals surface area contributed by atoms with E-state index in [1.807, 2.05) is 0 Å². The summed E-state index contributed by atoms with van der Waals surface area (Å²) in [5.74, 6) is -0.345. The van der Waals surface area contributed by atoms with E-state index in [4.69, 9.17) is 9.47 Å². The molecule has 0 heterocycles. The molecule has 0 spiro atoms. The molecule has 4 amide bonds. The fraction of sp³-hybridized carbons (Fsp3) is 0.158. The summed E-state index contributed by atoms with van der Waals surface area (Å²) in [6.45, 7) is 0. The smallest absolute Gasteiger partial charge is 0.409 e. The minimum Gasteiger partial charge on any atom is -0.409 e. The van der Waals surface area contributed by atoms with Crippen molar-refractivity contribution in [3.05, 3.63) is 60.7 Å². The largest absolute Gasteiger partial charge is 0.431 e. The number of rotatable bonds is 6. The maximum absolute atomic E-state index is 11.6. The van der Waals surface area contributed by atoms with Crippen LogP contribution in [0.2, 0.25) is 0 Å². The second-order valence-electron chi connectivity index (χ2n) is 5.61. The van der Waals surface area contributed by atoms with Crippen LogP contribution in [0.5, 0.6) is 11.5 Å². The first-order valence-corrected chi connectivity index (χ1v) is 8.66. The van der Waals surface area contributed by atoms with Crippen LogP contribution in [0.3, 0.4) is 0 Å². The molecule has 2 aromatic rings. The third-order valence-corrected chi connectivity index (χ3v) is 3.32. The minimum absolute atomic E-state index is 0.0203. The molecule has 0 aliphatic heterocycles. The predicted molar refractivity (Wildman–Crippen MR) is 101 cm³/mol. The topological polar surface area (TPSA) is 135 Å². The molecule has 29 heavy (non-hydrogen) atoms. The summed E-state index contributed by atoms with van der Waals surface area (Å²) < 4.78 is 9.85. The lowest BCUT2D eigenvalue weighted by Crippen LogP contribution is -2.44. The Morgan fingerprint density at radius 3 is 1.34 bits per heavy atom. The van der Waals surface area contributed by atoms with Gasteiger partial charge >= 0.3 is 12.2 Å². The predicted octanol–water partition coefficient (Wildman–Crippen LogP) is 1.80. The van der Waals surface area contributed by atoms with E-state index in [-0.39, 0.29) is 19.3 Å². The molecule has 0 aliphatic carbocycles. The van der Waals surface area contributed by atoms with Gasteiger partial charge in [0, 0.05) is 12.8 Å². The Kier molecular flexibility index (Phi) is 8.49. The standard InChI is InChI=1S/C19H20N4O6/c24-16(20-22-18(26)28-14-8-3-1-4-9-14)12-7-13-17(25)21-23-19(27)29-15-10-5-2-6-11-15/h1-6,8-11H,7,12-13H2,(H,20,24)(H,21,25)(H,22,26)(H,23,27). The van der Waals surface area contributed by atoms with Crippen LogP contribution in [0.25, 0.3) is 0 Å². The van der Waals surface area contributed by atoms with Gasteiger partial charge in [-0.25, -0.2) is 20.4 Å². The van der Waals surface area contributed by atoms with Gasteiger partial charge in [0.15, 0.2) is 0 Å². The van der Waals surface area contributed by atoms with Gasteiger partial charge in [0.1, 0.15) is 11.5 Å². The van der Waals surface area contributed by atoms with Crippen molar-refractivity contribution in [2.75, 3.05) is 0 Å². The Hall–Kier alpha value is -4.08. The summed E-state index contributed by atoms with van der Waals surface area (Å²) in [6, 6.07) is 16.7. The summed E-state index contributed by atoms with van der Waals surface area (Å²) in [7, 11) is 0. The summed E-state index contributed by atoms with van der Waals surface area (Å²) in [5, 5.41) is 0. The van der Waals surface area contributed by atoms with Crippen molar-refractivity contribution in [3.63, 3.8) is 0 Å². The molecule has 0 atom stereocenters. The Bertz CT molecular complexity index is 760. The molecular weight excluding hydrogens is 380 g/mol. The molecule has 152 valence electrons. The van der Waals surface area contributed by atoms with E-state index >= 15 is 0 Å². The average molecular weight is 400 g/mol. The highest BCUT2D eigenvalue weighted by Crippen LogP contribution is 2.08. The maximum atomic E-state index is 11.6. The Morgan fingerprint density at radius 1 is 0.586 bits per heavy atom. The van der Waals surface area contributed by atoms with Crippen molar-refractivity contribution in [2.45, 2.75) is 19.3 Å². The lowest BCUT2D eigenvalue weighted by molar-refractivity contribution is -0.123. The van der Waals surface area contributed by atoms with Gasteiger partial charge in [-0.3, -0.25) is 20.4 Å². The zero-order valence-corrected chi connectivity index (χ0v) is 15.3. The molecule has 0 unspecified atom stereocenters. The normalized spacial score (nSPS) is 9.66. The molecule has 0 fully saturated rings. The van der Waals surface area contributed by atoms with Crippen LogP contribution in [0.15, 0.2) is 60.7 Å². The first-order chi connectivity index (χ1) is 14.0. The zero-order chi connectivity index (χ0) is 20.9. The van der Waals surface area contributed by atoms with Crippen molar-refractivity contribution < 1.29 is 28.7 Å². The molecule has 2 rings (SSSR count). The van der Waals surface area contributed by atoms with E-state index in [1.165, 1.54) is 0 Å². The number of hydrogen-bond acceptors (Lipinski definition) is 6. The minimum atomic E-state index is -0.844. The highest BCUT2D eigenvalue weighted by molar-refractivity contribution is 5.82. The van der Waals surface area contributed by atoms with Crippen LogP contribution < -0.4 is 31.2 Å². The second-order valence-corrected chi connectivity index (χ2v) is 5.61. The Balaban J connectivity index is 1.54. The second kappa shape index (κ2) is 11.6. The van der Waals surface area contributed by atoms with Gasteiger partial charge in [-0.15, -0.1) is 0 Å². The fourth-order valence-electron chi connectivity index (χ4n) is 2.02. The summed E-state index contributed by atoms with van der Waals surface area (Å²) in [6.07, 6.45) is -1.53. The third-order valence-electron chi connectivity index (χ3n) is 3.32. The van der Waals surface area contributed by atoms with E-state index < -0.39 is 24.0 Å². The van der Waals surface area contributed by atoms with Gasteiger partial charge in [0.05, 0.1) is 0 Å². The summed E-state index contributed by atoms with van der Waals surface area (Å²) in [5.41, 5.74) is 8.53. The highest BCUT2D eigenvalue weighted by atomic mass is 16.6. The van der Waals surface area contributed by atoms with Crippen LogP contribution in [0, 0.1) is 0 Å². The van der Waals surface area contributed by atoms with Gasteiger partial charge in [0.2, 0.25) is 11.8 Å². The monoisotopic (exact) mass is 400 g/mol. The fourth-order valence-corrected chi connectivity index (χ4v) is 2.02. The van der Waals surface area contributed by atoms with Gasteiger partial charge in [0.25, 0.3) is 0 Å². The number of ether oxygens (including phenoxy) is 2. The number of nitrogens with one attached hydrogen (secondary N) is 4. The van der Waals surface area contributed by atoms with Crippen molar-refractivity contribution in [3.8, 4) is 11.5 Å². The summed E-state index contributed by atoms with van der Waals surface area (Å²) >= 11 is 0. The average Bonchev–Trinajstić information content (AvgIpc) is 2.72. The van der Waals surface area contributed by atoms with Crippen LogP contribution in [0.1, 0.15) is 19.3 Å². The quantitative estimate of drug-likeness (QED) is 0.546. The maximum Gasteiger partial charge on any atom is 0.431 e. The van der Waals surface area contributed by atoms with Gasteiger partial charge in [-0.1, -0.05) is 36.4 Å². The Labute approximate surface area is 166 Å². The highest BCUT2D eigenvalue weighted by Gasteiger charge is 2.09. The molecule has 0 aliphatic rings. The molecule has 0 saturated heterocycles. The molecule has 4 N–H and O–H groups in total. The molecule has 0 bridgehead atoms. The van der Waals surface area contributed by atoms with Crippen molar-refractivity contribution in [1.82, 2.24) is 21.7 Å². The van der Waals surface area contributed by atoms with E-state index in [2.05, 4.69) is 21.7 Å². The number of hydrogen-bond donors (Lipinski definition) is 4. The SMILES string of the molecule is O=C(CCCC(=O)NNC(=O)Oc1ccccc1)NNC(=O)Oc1ccccc1. The van der Waals surface area contributed by atoms with E-state index in [1.54, 1.807) is 60.7 Å². The summed E-state index contributed by atoms with van der Waals surface area (Å²) in [4.78, 5) is 46.3. The first kappa shape index (κ1) is 21.2. The molecule has 0 aromatic heterocycles. The number of carbonyl (C=O) groups is 4. The number of hydrazine groups is 2. The van der Waals surface area contributed by atoms with Crippen LogP contribution in [0.4, 0.5) is 9.59 Å². The molecule has 2 aromatic carbocycles. The molecule has 0 saturated carbocycles. The van der Waals surface area contributed by atoms with Gasteiger partial charge < -0.3 is 9.47 Å². The molecular formula is C19H20N4O6. The van der Waals surface area contributed by atoms with Crippen LogP contribution >= 0.6 is 0 Å². The number of amides is 4. The number of para-hydroxylation sites is 2. The van der Waals surface area contributed by atoms with E-state index in [0.717, 1.165) is 0 Å². The van der Waals surface area contributed by atoms with E-state index in [0.29, 0.717) is 11.5 Å². The van der Waals surface area contributed by atoms with E-state index in [9.17, 15) is 19.2 Å². The van der Waals surface area contributed by atoms with Gasteiger partial charge in [-0.05, 0) is 30.7 Å². The zero-order valence-electron chi connectivity index (χ0n) is 15.3. The lowest BCUT2D eigenvalue weighted by atomic mass is 10.2. The van der Waals surface area contributed by atoms with Crippen molar-refractivity contribution in [2.24, 2.45) is 0 Å². The van der Waals surface area contributed by atoms with Crippen molar-refractivity contribution in [1.29, 1.82) is 0 Å². The number of benzene rings is 2. The third kappa shape index (κ3) is 8.91. The Morgan fingerprint density at radius 2 is 0.966 bits per heavy atom. The first-order valence-electron chi connectivity index (χ1n) is 8.66. The van der Waals surface area contributed by atoms with Crippen molar-refractivity contribution >= 4 is 24.0 Å². The van der Waals surface area contributed by atoms with Crippen LogP contribution in [-0.2, 0) is 9.59 Å². The molecule has 10 heteroatoms. The lowest BCUT2D eigenvalue weighted by Gasteiger charge is -2.09. The molecule has 0 radical (unpaired) electrons. The van der Waals surface area contributed by atoms with Gasteiger partial charge in [-0.2, -0.15) is 0 Å². The van der Waals surface area contributed by atoms with Crippen LogP contribution in [-0.4, -0.2) is 24.0 Å². The molecule has 10 nitrogen and oxygen atoms in total. The number of carbonyl (C=O) groups excluding carboxylic acids is 4.